The highest BCUT2D eigenvalue weighted by Crippen LogP contribution is 2.52. The van der Waals surface area contributed by atoms with Crippen LogP contribution in [0.4, 0.5) is 11.4 Å². The Morgan fingerprint density at radius 3 is 2.70 bits per heavy atom. The molecule has 40 heavy (non-hydrogen) atoms. The van der Waals surface area contributed by atoms with E-state index in [1.807, 2.05) is 6.20 Å². The van der Waals surface area contributed by atoms with E-state index in [1.54, 1.807) is 29.6 Å². The summed E-state index contributed by atoms with van der Waals surface area (Å²) < 4.78 is 5.51. The lowest BCUT2D eigenvalue weighted by atomic mass is 10.0. The first-order valence-corrected chi connectivity index (χ1v) is 15.6. The summed E-state index contributed by atoms with van der Waals surface area (Å²) in [5.74, 6) is 0.793. The lowest BCUT2D eigenvalue weighted by Gasteiger charge is -2.29. The second-order valence-corrected chi connectivity index (χ2v) is 13.0. The van der Waals surface area contributed by atoms with Crippen LogP contribution in [0.3, 0.4) is 0 Å². The van der Waals surface area contributed by atoms with Crippen molar-refractivity contribution in [1.82, 2.24) is 9.97 Å². The predicted octanol–water partition coefficient (Wildman–Crippen LogP) is 7.15. The van der Waals surface area contributed by atoms with Crippen LogP contribution >= 0.6 is 23.5 Å². The summed E-state index contributed by atoms with van der Waals surface area (Å²) >= 11 is 3.58. The van der Waals surface area contributed by atoms with Crippen LogP contribution in [0.25, 0.3) is 11.3 Å². The fourth-order valence-electron chi connectivity index (χ4n) is 5.41. The van der Waals surface area contributed by atoms with Crippen LogP contribution in [0.1, 0.15) is 36.6 Å². The Morgan fingerprint density at radius 1 is 1.02 bits per heavy atom. The standard InChI is InChI=1S/C32H32N4O2S2/c1-20-5-9-25(33-19-20)27(15-21-6-7-21)34-22-8-10-28-30(16-22)39-29-4-2-3-24(32(29)40-28)26-17-23(18-31(37)35-26)36-11-13-38-14-12-36/h2-5,8-10,16-19,21,27,34H,6-7,11-15H2,1H3,(H,35,37). The molecular weight excluding hydrogens is 537 g/mol. The Balaban J connectivity index is 1.16. The Morgan fingerprint density at radius 2 is 1.90 bits per heavy atom. The van der Waals surface area contributed by atoms with E-state index in [9.17, 15) is 4.79 Å². The number of fused-ring (bicyclic) bond motifs is 2. The highest BCUT2D eigenvalue weighted by atomic mass is 32.2. The van der Waals surface area contributed by atoms with Crippen molar-refractivity contribution in [3.05, 3.63) is 88.5 Å². The van der Waals surface area contributed by atoms with Gasteiger partial charge in [-0.1, -0.05) is 54.6 Å². The van der Waals surface area contributed by atoms with E-state index >= 15 is 0 Å². The molecule has 1 saturated carbocycles. The SMILES string of the molecule is Cc1ccc(C(CC2CC2)Nc2ccc3c(c2)Sc2cccc(-c4cc(N5CCOCC5)cc(=O)[nH]4)c2S3)nc1. The number of H-pyrrole nitrogens is 1. The van der Waals surface area contributed by atoms with Gasteiger partial charge in [-0.2, -0.15) is 0 Å². The van der Waals surface area contributed by atoms with Gasteiger partial charge in [0.25, 0.3) is 0 Å². The molecule has 0 amide bonds. The molecule has 0 spiro atoms. The second-order valence-electron chi connectivity index (χ2n) is 10.9. The number of aryl methyl sites for hydroxylation is 1. The average molecular weight is 569 g/mol. The lowest BCUT2D eigenvalue weighted by Crippen LogP contribution is -2.36. The molecule has 2 aromatic carbocycles. The summed E-state index contributed by atoms with van der Waals surface area (Å²) in [6.07, 6.45) is 5.72. The zero-order chi connectivity index (χ0) is 27.1. The maximum atomic E-state index is 12.7. The van der Waals surface area contributed by atoms with Gasteiger partial charge in [-0.15, -0.1) is 0 Å². The van der Waals surface area contributed by atoms with Crippen LogP contribution in [0, 0.1) is 12.8 Å². The number of ether oxygens (including phenoxy) is 1. The van der Waals surface area contributed by atoms with Crippen LogP contribution in [-0.4, -0.2) is 36.3 Å². The molecule has 2 aromatic heterocycles. The van der Waals surface area contributed by atoms with Crippen molar-refractivity contribution < 1.29 is 4.74 Å². The van der Waals surface area contributed by atoms with Gasteiger partial charge in [0.2, 0.25) is 5.56 Å². The van der Waals surface area contributed by atoms with Crippen molar-refractivity contribution in [2.45, 2.75) is 51.8 Å². The van der Waals surface area contributed by atoms with Crippen molar-refractivity contribution in [1.29, 1.82) is 0 Å². The zero-order valence-corrected chi connectivity index (χ0v) is 24.1. The van der Waals surface area contributed by atoms with Gasteiger partial charge < -0.3 is 19.9 Å². The molecule has 7 rings (SSSR count). The van der Waals surface area contributed by atoms with E-state index in [0.717, 1.165) is 53.8 Å². The molecule has 4 heterocycles. The van der Waals surface area contributed by atoms with Gasteiger partial charge in [0.1, 0.15) is 0 Å². The number of rotatable bonds is 7. The van der Waals surface area contributed by atoms with Crippen molar-refractivity contribution >= 4 is 34.9 Å². The molecule has 1 atom stereocenters. The second kappa shape index (κ2) is 11.0. The zero-order valence-electron chi connectivity index (χ0n) is 22.5. The molecule has 2 N–H and O–H groups in total. The Bertz CT molecular complexity index is 1590. The number of hydrogen-bond acceptors (Lipinski definition) is 7. The number of anilines is 2. The minimum atomic E-state index is -0.0787. The molecule has 204 valence electrons. The number of aromatic amines is 1. The van der Waals surface area contributed by atoms with Gasteiger partial charge in [0.15, 0.2) is 0 Å². The third kappa shape index (κ3) is 5.53. The molecule has 1 unspecified atom stereocenters. The largest absolute Gasteiger partial charge is 0.378 e. The third-order valence-corrected chi connectivity index (χ3v) is 10.3. The van der Waals surface area contributed by atoms with Crippen LogP contribution in [0.15, 0.2) is 91.2 Å². The molecule has 0 radical (unpaired) electrons. The molecule has 2 fully saturated rings. The van der Waals surface area contributed by atoms with Gasteiger partial charge in [-0.3, -0.25) is 9.78 Å². The average Bonchev–Trinajstić information content (AvgIpc) is 3.80. The maximum absolute atomic E-state index is 12.7. The maximum Gasteiger partial charge on any atom is 0.250 e. The quantitative estimate of drug-likeness (QED) is 0.216. The van der Waals surface area contributed by atoms with Gasteiger partial charge in [-0.25, -0.2) is 0 Å². The van der Waals surface area contributed by atoms with E-state index in [-0.39, 0.29) is 11.6 Å². The van der Waals surface area contributed by atoms with Crippen molar-refractivity contribution in [2.24, 2.45) is 5.92 Å². The number of benzene rings is 2. The Hall–Kier alpha value is -3.20. The fraction of sp³-hybridized carbons (Fsp3) is 0.312. The third-order valence-electron chi connectivity index (χ3n) is 7.75. The first-order chi connectivity index (χ1) is 19.6. The fourth-order valence-corrected chi connectivity index (χ4v) is 7.82. The number of aromatic nitrogens is 2. The molecule has 4 aromatic rings. The molecular formula is C32H32N4O2S2. The van der Waals surface area contributed by atoms with Gasteiger partial charge >= 0.3 is 0 Å². The summed E-state index contributed by atoms with van der Waals surface area (Å²) in [5.41, 5.74) is 6.21. The lowest BCUT2D eigenvalue weighted by molar-refractivity contribution is 0.122. The van der Waals surface area contributed by atoms with Crippen molar-refractivity contribution in [2.75, 3.05) is 36.5 Å². The van der Waals surface area contributed by atoms with E-state index in [0.29, 0.717) is 13.2 Å². The van der Waals surface area contributed by atoms with Crippen LogP contribution in [0.5, 0.6) is 0 Å². The summed E-state index contributed by atoms with van der Waals surface area (Å²) in [6, 6.07) is 21.4. The predicted molar refractivity (Wildman–Crippen MR) is 163 cm³/mol. The molecule has 0 bridgehead atoms. The molecule has 8 heteroatoms. The highest BCUT2D eigenvalue weighted by molar-refractivity contribution is 8.05. The van der Waals surface area contributed by atoms with Crippen LogP contribution in [-0.2, 0) is 4.74 Å². The van der Waals surface area contributed by atoms with E-state index in [2.05, 4.69) is 76.7 Å². The molecule has 1 saturated heterocycles. The van der Waals surface area contributed by atoms with Gasteiger partial charge in [0, 0.05) is 61.9 Å². The summed E-state index contributed by atoms with van der Waals surface area (Å²) in [4.78, 5) is 27.6. The van der Waals surface area contributed by atoms with Crippen molar-refractivity contribution in [3.63, 3.8) is 0 Å². The van der Waals surface area contributed by atoms with Gasteiger partial charge in [0.05, 0.1) is 30.6 Å². The number of hydrogen-bond donors (Lipinski definition) is 2. The summed E-state index contributed by atoms with van der Waals surface area (Å²) in [5, 5.41) is 3.80. The number of nitrogens with zero attached hydrogens (tertiary/aromatic N) is 2. The van der Waals surface area contributed by atoms with Crippen LogP contribution in [0.2, 0.25) is 0 Å². The minimum Gasteiger partial charge on any atom is -0.378 e. The molecule has 3 aliphatic rings. The number of pyridine rings is 2. The Labute approximate surface area is 243 Å². The van der Waals surface area contributed by atoms with Crippen molar-refractivity contribution in [3.8, 4) is 11.3 Å². The van der Waals surface area contributed by atoms with Crippen LogP contribution < -0.4 is 15.8 Å². The Kier molecular flexibility index (Phi) is 7.08. The molecule has 1 aliphatic carbocycles. The summed E-state index contributed by atoms with van der Waals surface area (Å²) in [6.45, 7) is 5.05. The smallest absolute Gasteiger partial charge is 0.250 e. The number of morpholine rings is 1. The monoisotopic (exact) mass is 568 g/mol. The van der Waals surface area contributed by atoms with E-state index in [1.165, 1.54) is 38.0 Å². The normalized spacial score (nSPS) is 17.2. The number of nitrogens with one attached hydrogen (secondary N) is 2. The molecule has 6 nitrogen and oxygen atoms in total. The summed E-state index contributed by atoms with van der Waals surface area (Å²) in [7, 11) is 0. The highest BCUT2D eigenvalue weighted by Gasteiger charge is 2.28. The minimum absolute atomic E-state index is 0.0787. The molecule has 2 aliphatic heterocycles. The van der Waals surface area contributed by atoms with E-state index < -0.39 is 0 Å². The van der Waals surface area contributed by atoms with Gasteiger partial charge in [-0.05, 0) is 61.2 Å². The van der Waals surface area contributed by atoms with E-state index in [4.69, 9.17) is 9.72 Å². The topological polar surface area (TPSA) is 70.2 Å². The first kappa shape index (κ1) is 25.7. The first-order valence-electron chi connectivity index (χ1n) is 14.0.